The van der Waals surface area contributed by atoms with Crippen LogP contribution in [0.3, 0.4) is 0 Å². The summed E-state index contributed by atoms with van der Waals surface area (Å²) in [6, 6.07) is 15.9. The maximum atomic E-state index is 13.1. The quantitative estimate of drug-likeness (QED) is 0.773. The van der Waals surface area contributed by atoms with E-state index in [1.165, 1.54) is 4.31 Å². The molecule has 1 aliphatic rings. The summed E-state index contributed by atoms with van der Waals surface area (Å²) in [5, 5.41) is 2.85. The van der Waals surface area contributed by atoms with E-state index in [1.54, 1.807) is 36.4 Å². The number of amides is 1. The SMILES string of the molecule is CC(C)CCNC(=O)[C@H]1CN(S(=O)(=O)Cc2ccccc2)c2ccccc2O1. The third-order valence-electron chi connectivity index (χ3n) is 4.58. The van der Waals surface area contributed by atoms with Crippen LogP contribution in [0.1, 0.15) is 25.8 Å². The van der Waals surface area contributed by atoms with Crippen molar-refractivity contribution >= 4 is 21.6 Å². The van der Waals surface area contributed by atoms with Gasteiger partial charge in [-0.25, -0.2) is 8.42 Å². The van der Waals surface area contributed by atoms with E-state index in [2.05, 4.69) is 19.2 Å². The topological polar surface area (TPSA) is 75.7 Å². The first kappa shape index (κ1) is 20.2. The van der Waals surface area contributed by atoms with Gasteiger partial charge in [-0.05, 0) is 30.0 Å². The smallest absolute Gasteiger partial charge is 0.263 e. The molecule has 2 aromatic rings. The number of nitrogens with one attached hydrogen (secondary N) is 1. The van der Waals surface area contributed by atoms with Crippen LogP contribution in [0, 0.1) is 5.92 Å². The molecule has 3 rings (SSSR count). The average molecular weight is 403 g/mol. The van der Waals surface area contributed by atoms with Crippen LogP contribution < -0.4 is 14.4 Å². The van der Waals surface area contributed by atoms with Crippen molar-refractivity contribution in [1.82, 2.24) is 5.32 Å². The Morgan fingerprint density at radius 3 is 2.54 bits per heavy atom. The molecule has 0 unspecified atom stereocenters. The zero-order valence-electron chi connectivity index (χ0n) is 16.2. The molecule has 0 aromatic heterocycles. The van der Waals surface area contributed by atoms with Gasteiger partial charge in [-0.3, -0.25) is 9.10 Å². The number of hydrogen-bond donors (Lipinski definition) is 1. The van der Waals surface area contributed by atoms with Crippen LogP contribution in [0.2, 0.25) is 0 Å². The summed E-state index contributed by atoms with van der Waals surface area (Å²) >= 11 is 0. The number of carbonyl (C=O) groups is 1. The molecule has 2 aromatic carbocycles. The van der Waals surface area contributed by atoms with Crippen molar-refractivity contribution < 1.29 is 17.9 Å². The minimum absolute atomic E-state index is 0.0420. The Labute approximate surface area is 166 Å². The molecule has 0 radical (unpaired) electrons. The van der Waals surface area contributed by atoms with Gasteiger partial charge in [0.15, 0.2) is 6.10 Å². The maximum absolute atomic E-state index is 13.1. The Morgan fingerprint density at radius 2 is 1.82 bits per heavy atom. The lowest BCUT2D eigenvalue weighted by Gasteiger charge is -2.34. The second-order valence-corrected chi connectivity index (χ2v) is 9.21. The molecule has 28 heavy (non-hydrogen) atoms. The molecule has 1 heterocycles. The lowest BCUT2D eigenvalue weighted by molar-refractivity contribution is -0.127. The van der Waals surface area contributed by atoms with Crippen molar-refractivity contribution in [2.75, 3.05) is 17.4 Å². The Balaban J connectivity index is 1.82. The highest BCUT2D eigenvalue weighted by Gasteiger charge is 2.36. The highest BCUT2D eigenvalue weighted by atomic mass is 32.2. The molecule has 0 fully saturated rings. The molecule has 1 atom stereocenters. The van der Waals surface area contributed by atoms with Crippen LogP contribution in [-0.4, -0.2) is 33.5 Å². The molecule has 7 heteroatoms. The van der Waals surface area contributed by atoms with Crippen LogP contribution in [0.4, 0.5) is 5.69 Å². The highest BCUT2D eigenvalue weighted by molar-refractivity contribution is 7.92. The number of benzene rings is 2. The normalized spacial score (nSPS) is 16.4. The highest BCUT2D eigenvalue weighted by Crippen LogP contribution is 2.35. The van der Waals surface area contributed by atoms with Gasteiger partial charge in [-0.2, -0.15) is 0 Å². The van der Waals surface area contributed by atoms with Gasteiger partial charge in [0, 0.05) is 6.54 Å². The van der Waals surface area contributed by atoms with Crippen LogP contribution in [-0.2, 0) is 20.6 Å². The molecule has 1 N–H and O–H groups in total. The van der Waals surface area contributed by atoms with E-state index in [0.29, 0.717) is 29.5 Å². The molecule has 0 aliphatic carbocycles. The predicted molar refractivity (Wildman–Crippen MR) is 110 cm³/mol. The van der Waals surface area contributed by atoms with Gasteiger partial charge in [0.2, 0.25) is 10.0 Å². The number of ether oxygens (including phenoxy) is 1. The Kier molecular flexibility index (Phi) is 6.24. The lowest BCUT2D eigenvalue weighted by Crippen LogP contribution is -2.51. The predicted octanol–water partition coefficient (Wildman–Crippen LogP) is 2.95. The molecular formula is C21H26N2O4S. The fraction of sp³-hybridized carbons (Fsp3) is 0.381. The van der Waals surface area contributed by atoms with Crippen LogP contribution >= 0.6 is 0 Å². The Bertz CT molecular complexity index is 913. The first-order valence-electron chi connectivity index (χ1n) is 9.44. The second kappa shape index (κ2) is 8.65. The fourth-order valence-corrected chi connectivity index (χ4v) is 4.65. The lowest BCUT2D eigenvalue weighted by atomic mass is 10.1. The molecule has 6 nitrogen and oxygen atoms in total. The monoisotopic (exact) mass is 402 g/mol. The van der Waals surface area contributed by atoms with E-state index in [1.807, 2.05) is 18.2 Å². The van der Waals surface area contributed by atoms with Crippen molar-refractivity contribution in [3.8, 4) is 5.75 Å². The Hall–Kier alpha value is -2.54. The van der Waals surface area contributed by atoms with Gasteiger partial charge in [0.05, 0.1) is 18.0 Å². The van der Waals surface area contributed by atoms with Gasteiger partial charge in [-0.15, -0.1) is 0 Å². The van der Waals surface area contributed by atoms with Crippen LogP contribution in [0.15, 0.2) is 54.6 Å². The van der Waals surface area contributed by atoms with E-state index < -0.39 is 16.1 Å². The number of para-hydroxylation sites is 2. The number of anilines is 1. The van der Waals surface area contributed by atoms with E-state index in [0.717, 1.165) is 6.42 Å². The first-order valence-corrected chi connectivity index (χ1v) is 11.1. The Morgan fingerprint density at radius 1 is 1.14 bits per heavy atom. The van der Waals surface area contributed by atoms with Crippen molar-refractivity contribution in [2.45, 2.75) is 32.1 Å². The molecular weight excluding hydrogens is 376 g/mol. The first-order chi connectivity index (χ1) is 13.4. The van der Waals surface area contributed by atoms with Crippen molar-refractivity contribution in [3.05, 3.63) is 60.2 Å². The van der Waals surface area contributed by atoms with Gasteiger partial charge < -0.3 is 10.1 Å². The van der Waals surface area contributed by atoms with Gasteiger partial charge in [-0.1, -0.05) is 56.3 Å². The molecule has 0 bridgehead atoms. The summed E-state index contributed by atoms with van der Waals surface area (Å²) in [6.45, 7) is 4.66. The van der Waals surface area contributed by atoms with Gasteiger partial charge in [0.25, 0.3) is 5.91 Å². The zero-order valence-corrected chi connectivity index (χ0v) is 17.0. The number of fused-ring (bicyclic) bond motifs is 1. The molecule has 0 spiro atoms. The molecule has 1 aliphatic heterocycles. The zero-order chi connectivity index (χ0) is 20.1. The van der Waals surface area contributed by atoms with Crippen molar-refractivity contribution in [1.29, 1.82) is 0 Å². The summed E-state index contributed by atoms with van der Waals surface area (Å²) < 4.78 is 33.4. The number of carbonyl (C=O) groups excluding carboxylic acids is 1. The van der Waals surface area contributed by atoms with Gasteiger partial charge >= 0.3 is 0 Å². The molecule has 0 saturated heterocycles. The third kappa shape index (κ3) is 4.84. The summed E-state index contributed by atoms with van der Waals surface area (Å²) in [4.78, 5) is 12.6. The van der Waals surface area contributed by atoms with Crippen LogP contribution in [0.5, 0.6) is 5.75 Å². The fourth-order valence-electron chi connectivity index (χ4n) is 3.06. The standard InChI is InChI=1S/C21H26N2O4S/c1-16(2)12-13-22-21(24)20-14-23(18-10-6-7-11-19(18)27-20)28(25,26)15-17-8-4-3-5-9-17/h3-11,16,20H,12-15H2,1-2H3,(H,22,24)/t20-/m1/s1. The van der Waals surface area contributed by atoms with E-state index in [4.69, 9.17) is 4.74 Å². The van der Waals surface area contributed by atoms with E-state index >= 15 is 0 Å². The number of nitrogens with zero attached hydrogens (tertiary/aromatic N) is 1. The van der Waals surface area contributed by atoms with Crippen molar-refractivity contribution in [2.24, 2.45) is 5.92 Å². The summed E-state index contributed by atoms with van der Waals surface area (Å²) in [6.07, 6.45) is -0.0296. The number of rotatable bonds is 7. The number of sulfonamides is 1. The third-order valence-corrected chi connectivity index (χ3v) is 6.29. The number of hydrogen-bond acceptors (Lipinski definition) is 4. The minimum atomic E-state index is -3.68. The molecule has 0 saturated carbocycles. The minimum Gasteiger partial charge on any atom is -0.476 e. The summed E-state index contributed by atoms with van der Waals surface area (Å²) in [5.41, 5.74) is 1.16. The van der Waals surface area contributed by atoms with E-state index in [-0.39, 0.29) is 18.2 Å². The second-order valence-electron chi connectivity index (χ2n) is 7.32. The van der Waals surface area contributed by atoms with Gasteiger partial charge in [0.1, 0.15) is 5.75 Å². The van der Waals surface area contributed by atoms with Crippen LogP contribution in [0.25, 0.3) is 0 Å². The van der Waals surface area contributed by atoms with Crippen molar-refractivity contribution in [3.63, 3.8) is 0 Å². The largest absolute Gasteiger partial charge is 0.476 e. The molecule has 1 amide bonds. The summed E-state index contributed by atoms with van der Waals surface area (Å²) in [5.74, 6) is 0.435. The molecule has 150 valence electrons. The maximum Gasteiger partial charge on any atom is 0.263 e. The van der Waals surface area contributed by atoms with E-state index in [9.17, 15) is 13.2 Å². The summed E-state index contributed by atoms with van der Waals surface area (Å²) in [7, 11) is -3.68. The average Bonchev–Trinajstić information content (AvgIpc) is 2.67.